The van der Waals surface area contributed by atoms with Gasteiger partial charge >= 0.3 is 0 Å². The topological polar surface area (TPSA) is 54.3 Å². The van der Waals surface area contributed by atoms with Crippen molar-refractivity contribution in [3.63, 3.8) is 0 Å². The zero-order valence-corrected chi connectivity index (χ0v) is 12.2. The van der Waals surface area contributed by atoms with E-state index in [0.717, 1.165) is 42.9 Å². The Hall–Kier alpha value is -1.11. The van der Waals surface area contributed by atoms with Crippen LogP contribution in [0.3, 0.4) is 0 Å². The Labute approximate surface area is 120 Å². The fourth-order valence-electron chi connectivity index (χ4n) is 1.92. The maximum Gasteiger partial charge on any atom is 0.128 e. The first-order valence-electron chi connectivity index (χ1n) is 6.19. The average Bonchev–Trinajstić information content (AvgIpc) is 2.43. The summed E-state index contributed by atoms with van der Waals surface area (Å²) in [6, 6.07) is 5.61. The molecule has 1 aromatic carbocycles. The molecular weight excluding hydrogens is 312 g/mol. The smallest absolute Gasteiger partial charge is 0.128 e. The van der Waals surface area contributed by atoms with Gasteiger partial charge in [-0.15, -0.1) is 0 Å². The minimum Gasteiger partial charge on any atom is -0.492 e. The molecule has 5 nitrogen and oxygen atoms in total. The van der Waals surface area contributed by atoms with Crippen LogP contribution in [0.2, 0.25) is 0 Å². The second kappa shape index (κ2) is 7.47. The summed E-state index contributed by atoms with van der Waals surface area (Å²) in [5.41, 5.74) is 0.749. The van der Waals surface area contributed by atoms with Crippen LogP contribution in [-0.2, 0) is 4.74 Å². The van der Waals surface area contributed by atoms with Crippen molar-refractivity contribution >= 4 is 22.1 Å². The third kappa shape index (κ3) is 4.49. The molecule has 104 valence electrons. The second-order valence-corrected chi connectivity index (χ2v) is 5.14. The lowest BCUT2D eigenvalue weighted by Crippen LogP contribution is -2.38. The summed E-state index contributed by atoms with van der Waals surface area (Å²) in [7, 11) is 0. The third-order valence-electron chi connectivity index (χ3n) is 2.94. The SMILES string of the molecule is O/N=C/c1cc(Br)ccc1OCCN1CCOCC1. The molecule has 1 heterocycles. The lowest BCUT2D eigenvalue weighted by Gasteiger charge is -2.26. The van der Waals surface area contributed by atoms with Gasteiger partial charge < -0.3 is 14.7 Å². The van der Waals surface area contributed by atoms with Gasteiger partial charge in [0.25, 0.3) is 0 Å². The van der Waals surface area contributed by atoms with Crippen LogP contribution in [0.15, 0.2) is 27.8 Å². The summed E-state index contributed by atoms with van der Waals surface area (Å²) in [5.74, 6) is 0.717. The van der Waals surface area contributed by atoms with E-state index in [-0.39, 0.29) is 0 Å². The molecule has 1 fully saturated rings. The molecule has 0 unspecified atom stereocenters. The van der Waals surface area contributed by atoms with E-state index in [1.807, 2.05) is 18.2 Å². The molecule has 1 aliphatic heterocycles. The van der Waals surface area contributed by atoms with Crippen LogP contribution < -0.4 is 4.74 Å². The lowest BCUT2D eigenvalue weighted by atomic mass is 10.2. The molecule has 1 N–H and O–H groups in total. The summed E-state index contributed by atoms with van der Waals surface area (Å²) in [4.78, 5) is 2.31. The van der Waals surface area contributed by atoms with Crippen LogP contribution >= 0.6 is 15.9 Å². The lowest BCUT2D eigenvalue weighted by molar-refractivity contribution is 0.0322. The van der Waals surface area contributed by atoms with Crippen molar-refractivity contribution in [1.29, 1.82) is 0 Å². The monoisotopic (exact) mass is 328 g/mol. The predicted octanol–water partition coefficient (Wildman–Crippen LogP) is 1.97. The van der Waals surface area contributed by atoms with Crippen molar-refractivity contribution in [2.45, 2.75) is 0 Å². The van der Waals surface area contributed by atoms with Crippen LogP contribution in [0, 0.1) is 0 Å². The molecule has 0 aromatic heterocycles. The molecule has 0 radical (unpaired) electrons. The Kier molecular flexibility index (Phi) is 5.62. The average molecular weight is 329 g/mol. The van der Waals surface area contributed by atoms with E-state index in [0.29, 0.717) is 12.4 Å². The van der Waals surface area contributed by atoms with Crippen molar-refractivity contribution in [1.82, 2.24) is 4.90 Å². The second-order valence-electron chi connectivity index (χ2n) is 4.23. The number of morpholine rings is 1. The van der Waals surface area contributed by atoms with E-state index < -0.39 is 0 Å². The highest BCUT2D eigenvalue weighted by Crippen LogP contribution is 2.21. The van der Waals surface area contributed by atoms with Crippen molar-refractivity contribution in [3.8, 4) is 5.75 Å². The van der Waals surface area contributed by atoms with E-state index >= 15 is 0 Å². The molecule has 1 saturated heterocycles. The summed E-state index contributed by atoms with van der Waals surface area (Å²) < 4.78 is 12.0. The molecule has 6 heteroatoms. The third-order valence-corrected chi connectivity index (χ3v) is 3.43. The molecule has 0 amide bonds. The molecule has 1 aliphatic rings. The van der Waals surface area contributed by atoms with Gasteiger partial charge in [-0.2, -0.15) is 0 Å². The first-order chi connectivity index (χ1) is 9.29. The first-order valence-corrected chi connectivity index (χ1v) is 6.99. The van der Waals surface area contributed by atoms with Gasteiger partial charge in [-0.1, -0.05) is 21.1 Å². The summed E-state index contributed by atoms with van der Waals surface area (Å²) in [6.45, 7) is 4.97. The molecule has 19 heavy (non-hydrogen) atoms. The molecule has 0 bridgehead atoms. The van der Waals surface area contributed by atoms with Crippen LogP contribution in [0.25, 0.3) is 0 Å². The zero-order chi connectivity index (χ0) is 13.5. The molecule has 0 spiro atoms. The number of hydrogen-bond donors (Lipinski definition) is 1. The van der Waals surface area contributed by atoms with Gasteiger partial charge in [-0.05, 0) is 18.2 Å². The van der Waals surface area contributed by atoms with Gasteiger partial charge in [0.1, 0.15) is 12.4 Å². The Morgan fingerprint density at radius 2 is 2.21 bits per heavy atom. The van der Waals surface area contributed by atoms with Gasteiger partial charge in [-0.3, -0.25) is 4.90 Å². The van der Waals surface area contributed by atoms with Gasteiger partial charge in [0, 0.05) is 29.7 Å². The maximum atomic E-state index is 8.64. The highest BCUT2D eigenvalue weighted by molar-refractivity contribution is 9.10. The molecule has 0 saturated carbocycles. The Morgan fingerprint density at radius 3 is 2.95 bits per heavy atom. The quantitative estimate of drug-likeness (QED) is 0.510. The van der Waals surface area contributed by atoms with E-state index in [4.69, 9.17) is 14.7 Å². The van der Waals surface area contributed by atoms with Gasteiger partial charge in [0.05, 0.1) is 19.4 Å². The molecule has 0 aliphatic carbocycles. The number of benzene rings is 1. The van der Waals surface area contributed by atoms with Crippen molar-refractivity contribution in [3.05, 3.63) is 28.2 Å². The number of ether oxygens (including phenoxy) is 2. The highest BCUT2D eigenvalue weighted by atomic mass is 79.9. The number of oxime groups is 1. The van der Waals surface area contributed by atoms with E-state index in [2.05, 4.69) is 26.0 Å². The van der Waals surface area contributed by atoms with Crippen molar-refractivity contribution in [2.24, 2.45) is 5.16 Å². The molecular formula is C13H17BrN2O3. The van der Waals surface area contributed by atoms with E-state index in [1.54, 1.807) is 0 Å². The van der Waals surface area contributed by atoms with Gasteiger partial charge in [0.15, 0.2) is 0 Å². The maximum absolute atomic E-state index is 8.64. The standard InChI is InChI=1S/C13H17BrN2O3/c14-12-1-2-13(11(9-12)10-15-17)19-8-5-16-3-6-18-7-4-16/h1-2,9-10,17H,3-8H2/b15-10+. The minimum atomic E-state index is 0.605. The van der Waals surface area contributed by atoms with Crippen LogP contribution in [0.4, 0.5) is 0 Å². The highest BCUT2D eigenvalue weighted by Gasteiger charge is 2.10. The van der Waals surface area contributed by atoms with Crippen LogP contribution in [0.5, 0.6) is 5.75 Å². The Bertz CT molecular complexity index is 434. The van der Waals surface area contributed by atoms with E-state index in [9.17, 15) is 0 Å². The Morgan fingerprint density at radius 1 is 1.42 bits per heavy atom. The zero-order valence-electron chi connectivity index (χ0n) is 10.6. The summed E-state index contributed by atoms with van der Waals surface area (Å²) in [6.07, 6.45) is 1.37. The molecule has 0 atom stereocenters. The number of halogens is 1. The summed E-state index contributed by atoms with van der Waals surface area (Å²) in [5, 5.41) is 11.7. The Balaban J connectivity index is 1.87. The molecule has 1 aromatic rings. The van der Waals surface area contributed by atoms with Gasteiger partial charge in [0.2, 0.25) is 0 Å². The van der Waals surface area contributed by atoms with E-state index in [1.165, 1.54) is 6.21 Å². The number of rotatable bonds is 5. The van der Waals surface area contributed by atoms with Gasteiger partial charge in [-0.25, -0.2) is 0 Å². The number of hydrogen-bond acceptors (Lipinski definition) is 5. The predicted molar refractivity (Wildman–Crippen MR) is 76.3 cm³/mol. The fourth-order valence-corrected chi connectivity index (χ4v) is 2.30. The van der Waals surface area contributed by atoms with Crippen molar-refractivity contribution in [2.75, 3.05) is 39.5 Å². The van der Waals surface area contributed by atoms with Crippen LogP contribution in [-0.4, -0.2) is 55.8 Å². The number of nitrogens with zero attached hydrogens (tertiary/aromatic N) is 2. The van der Waals surface area contributed by atoms with Crippen molar-refractivity contribution < 1.29 is 14.7 Å². The first kappa shape index (κ1) is 14.3. The largest absolute Gasteiger partial charge is 0.492 e. The fraction of sp³-hybridized carbons (Fsp3) is 0.462. The minimum absolute atomic E-state index is 0.605. The van der Waals surface area contributed by atoms with Crippen LogP contribution in [0.1, 0.15) is 5.56 Å². The summed E-state index contributed by atoms with van der Waals surface area (Å²) >= 11 is 3.38. The molecule has 2 rings (SSSR count). The normalized spacial score (nSPS) is 16.9.